The van der Waals surface area contributed by atoms with Crippen molar-refractivity contribution in [2.45, 2.75) is 19.0 Å². The van der Waals surface area contributed by atoms with E-state index in [4.69, 9.17) is 10.5 Å². The van der Waals surface area contributed by atoms with Crippen LogP contribution < -0.4 is 5.73 Å². The van der Waals surface area contributed by atoms with Crippen LogP contribution >= 0.6 is 0 Å². The van der Waals surface area contributed by atoms with Gasteiger partial charge in [0, 0.05) is 25.7 Å². The van der Waals surface area contributed by atoms with E-state index in [2.05, 4.69) is 4.90 Å². The molecule has 0 radical (unpaired) electrons. The largest absolute Gasteiger partial charge is 0.465 e. The topological polar surface area (TPSA) is 55.6 Å². The molecule has 0 saturated carbocycles. The standard InChI is InChI=1S/C13H18N2O2/c1-17-13(16)11-4-2-3-10(7-11)8-15-6-5-12(14)9-15/h2-4,7,12H,5-6,8-9,14H2,1H3/t12-/m1/s1. The SMILES string of the molecule is COC(=O)c1cccc(CN2CC[C@@H](N)C2)c1. The Balaban J connectivity index is 2.03. The molecule has 1 fully saturated rings. The molecule has 0 aromatic heterocycles. The van der Waals surface area contributed by atoms with Gasteiger partial charge in [-0.05, 0) is 24.1 Å². The van der Waals surface area contributed by atoms with Crippen molar-refractivity contribution in [2.24, 2.45) is 5.73 Å². The molecule has 0 amide bonds. The minimum Gasteiger partial charge on any atom is -0.465 e. The molecule has 0 unspecified atom stereocenters. The molecule has 2 rings (SSSR count). The summed E-state index contributed by atoms with van der Waals surface area (Å²) >= 11 is 0. The van der Waals surface area contributed by atoms with E-state index in [0.29, 0.717) is 11.6 Å². The summed E-state index contributed by atoms with van der Waals surface area (Å²) in [6.07, 6.45) is 1.05. The monoisotopic (exact) mass is 234 g/mol. The van der Waals surface area contributed by atoms with Gasteiger partial charge in [-0.2, -0.15) is 0 Å². The maximum Gasteiger partial charge on any atom is 0.337 e. The van der Waals surface area contributed by atoms with Crippen molar-refractivity contribution >= 4 is 5.97 Å². The van der Waals surface area contributed by atoms with Crippen LogP contribution in [0, 0.1) is 0 Å². The average Bonchev–Trinajstić information content (AvgIpc) is 2.74. The van der Waals surface area contributed by atoms with Gasteiger partial charge < -0.3 is 10.5 Å². The molecular weight excluding hydrogens is 216 g/mol. The highest BCUT2D eigenvalue weighted by atomic mass is 16.5. The molecule has 0 spiro atoms. The van der Waals surface area contributed by atoms with Crippen molar-refractivity contribution in [3.8, 4) is 0 Å². The second-order valence-corrected chi connectivity index (χ2v) is 4.48. The van der Waals surface area contributed by atoms with Gasteiger partial charge in [-0.1, -0.05) is 12.1 Å². The number of nitrogens with zero attached hydrogens (tertiary/aromatic N) is 1. The first-order valence-corrected chi connectivity index (χ1v) is 5.84. The van der Waals surface area contributed by atoms with Crippen molar-refractivity contribution in [1.82, 2.24) is 4.90 Å². The zero-order valence-electron chi connectivity index (χ0n) is 10.1. The van der Waals surface area contributed by atoms with E-state index in [0.717, 1.165) is 31.6 Å². The lowest BCUT2D eigenvalue weighted by Crippen LogP contribution is -2.26. The minimum absolute atomic E-state index is 0.287. The molecule has 4 nitrogen and oxygen atoms in total. The normalized spacial score (nSPS) is 20.5. The second-order valence-electron chi connectivity index (χ2n) is 4.48. The summed E-state index contributed by atoms with van der Waals surface area (Å²) in [6, 6.07) is 7.85. The first-order valence-electron chi connectivity index (χ1n) is 5.84. The van der Waals surface area contributed by atoms with Gasteiger partial charge in [0.1, 0.15) is 0 Å². The molecule has 17 heavy (non-hydrogen) atoms. The number of nitrogens with two attached hydrogens (primary N) is 1. The van der Waals surface area contributed by atoms with Gasteiger partial charge >= 0.3 is 5.97 Å². The lowest BCUT2D eigenvalue weighted by molar-refractivity contribution is 0.0600. The van der Waals surface area contributed by atoms with E-state index in [9.17, 15) is 4.79 Å². The summed E-state index contributed by atoms with van der Waals surface area (Å²) in [5.74, 6) is -0.287. The molecule has 1 aliphatic rings. The van der Waals surface area contributed by atoms with Gasteiger partial charge in [0.25, 0.3) is 0 Å². The Kier molecular flexibility index (Phi) is 3.76. The molecule has 1 atom stereocenters. The maximum atomic E-state index is 11.4. The third-order valence-electron chi connectivity index (χ3n) is 3.06. The highest BCUT2D eigenvalue weighted by Gasteiger charge is 2.19. The first kappa shape index (κ1) is 12.1. The number of methoxy groups -OCH3 is 1. The number of likely N-dealkylation sites (tertiary alicyclic amines) is 1. The molecule has 1 heterocycles. The summed E-state index contributed by atoms with van der Waals surface area (Å²) in [5.41, 5.74) is 7.59. The summed E-state index contributed by atoms with van der Waals surface area (Å²) in [5, 5.41) is 0. The maximum absolute atomic E-state index is 11.4. The van der Waals surface area contributed by atoms with Crippen LogP contribution in [0.25, 0.3) is 0 Å². The Morgan fingerprint density at radius 3 is 3.06 bits per heavy atom. The van der Waals surface area contributed by atoms with E-state index in [-0.39, 0.29) is 5.97 Å². The third-order valence-corrected chi connectivity index (χ3v) is 3.06. The third kappa shape index (κ3) is 3.05. The van der Waals surface area contributed by atoms with E-state index < -0.39 is 0 Å². The number of hydrogen-bond acceptors (Lipinski definition) is 4. The zero-order chi connectivity index (χ0) is 12.3. The first-order chi connectivity index (χ1) is 8.19. The van der Waals surface area contributed by atoms with E-state index in [1.165, 1.54) is 7.11 Å². The van der Waals surface area contributed by atoms with Gasteiger partial charge in [-0.3, -0.25) is 4.90 Å². The molecular formula is C13H18N2O2. The van der Waals surface area contributed by atoms with Gasteiger partial charge in [-0.25, -0.2) is 4.79 Å². The lowest BCUT2D eigenvalue weighted by atomic mass is 10.1. The van der Waals surface area contributed by atoms with Crippen LogP contribution in [0.4, 0.5) is 0 Å². The van der Waals surface area contributed by atoms with E-state index >= 15 is 0 Å². The molecule has 92 valence electrons. The number of benzene rings is 1. The van der Waals surface area contributed by atoms with Gasteiger partial charge in [0.2, 0.25) is 0 Å². The summed E-state index contributed by atoms with van der Waals surface area (Å²) < 4.78 is 4.71. The fourth-order valence-corrected chi connectivity index (χ4v) is 2.18. The summed E-state index contributed by atoms with van der Waals surface area (Å²) in [6.45, 7) is 2.81. The van der Waals surface area contributed by atoms with Crippen LogP contribution in [0.5, 0.6) is 0 Å². The van der Waals surface area contributed by atoms with Crippen molar-refractivity contribution in [3.63, 3.8) is 0 Å². The Labute approximate surface area is 101 Å². The number of rotatable bonds is 3. The minimum atomic E-state index is -0.287. The number of carbonyl (C=O) groups is 1. The fourth-order valence-electron chi connectivity index (χ4n) is 2.18. The van der Waals surface area contributed by atoms with Crippen molar-refractivity contribution in [2.75, 3.05) is 20.2 Å². The molecule has 2 N–H and O–H groups in total. The Bertz CT molecular complexity index is 406. The van der Waals surface area contributed by atoms with Crippen molar-refractivity contribution < 1.29 is 9.53 Å². The molecule has 1 saturated heterocycles. The number of carbonyl (C=O) groups excluding carboxylic acids is 1. The molecule has 1 aromatic carbocycles. The Morgan fingerprint density at radius 2 is 2.41 bits per heavy atom. The van der Waals surface area contributed by atoms with Crippen LogP contribution in [-0.4, -0.2) is 37.1 Å². The summed E-state index contributed by atoms with van der Waals surface area (Å²) in [7, 11) is 1.40. The predicted octanol–water partition coefficient (Wildman–Crippen LogP) is 1.01. The molecule has 1 aromatic rings. The molecule has 1 aliphatic heterocycles. The molecule has 4 heteroatoms. The number of hydrogen-bond donors (Lipinski definition) is 1. The highest BCUT2D eigenvalue weighted by molar-refractivity contribution is 5.89. The van der Waals surface area contributed by atoms with Crippen LogP contribution in [0.3, 0.4) is 0 Å². The van der Waals surface area contributed by atoms with E-state index in [1.54, 1.807) is 6.07 Å². The predicted molar refractivity (Wildman–Crippen MR) is 65.7 cm³/mol. The van der Waals surface area contributed by atoms with Crippen molar-refractivity contribution in [1.29, 1.82) is 0 Å². The van der Waals surface area contributed by atoms with Crippen LogP contribution in [-0.2, 0) is 11.3 Å². The smallest absolute Gasteiger partial charge is 0.337 e. The fraction of sp³-hybridized carbons (Fsp3) is 0.462. The highest BCUT2D eigenvalue weighted by Crippen LogP contribution is 2.13. The average molecular weight is 234 g/mol. The van der Waals surface area contributed by atoms with Crippen LogP contribution in [0.2, 0.25) is 0 Å². The molecule has 0 bridgehead atoms. The number of ether oxygens (including phenoxy) is 1. The Morgan fingerprint density at radius 1 is 1.59 bits per heavy atom. The lowest BCUT2D eigenvalue weighted by Gasteiger charge is -2.15. The molecule has 0 aliphatic carbocycles. The zero-order valence-corrected chi connectivity index (χ0v) is 10.1. The van der Waals surface area contributed by atoms with Crippen LogP contribution in [0.1, 0.15) is 22.3 Å². The van der Waals surface area contributed by atoms with E-state index in [1.807, 2.05) is 18.2 Å². The van der Waals surface area contributed by atoms with Gasteiger partial charge in [0.05, 0.1) is 12.7 Å². The summed E-state index contributed by atoms with van der Waals surface area (Å²) in [4.78, 5) is 13.7. The quantitative estimate of drug-likeness (QED) is 0.793. The number of esters is 1. The van der Waals surface area contributed by atoms with Gasteiger partial charge in [0.15, 0.2) is 0 Å². The van der Waals surface area contributed by atoms with Gasteiger partial charge in [-0.15, -0.1) is 0 Å². The van der Waals surface area contributed by atoms with Crippen LogP contribution in [0.15, 0.2) is 24.3 Å². The van der Waals surface area contributed by atoms with Crippen molar-refractivity contribution in [3.05, 3.63) is 35.4 Å². The second kappa shape index (κ2) is 5.29. The Hall–Kier alpha value is -1.39.